The molecular weight excluding hydrogens is 318 g/mol. The second-order valence-corrected chi connectivity index (χ2v) is 24.7. The van der Waals surface area contributed by atoms with Crippen LogP contribution >= 0.6 is 0 Å². The van der Waals surface area contributed by atoms with Crippen LogP contribution in [0.3, 0.4) is 0 Å². The van der Waals surface area contributed by atoms with Crippen molar-refractivity contribution in [2.45, 2.75) is 98.7 Å². The maximum Gasteiger partial charge on any atom is 0.172 e. The monoisotopic (exact) mass is 359 g/mol. The van der Waals surface area contributed by atoms with Crippen molar-refractivity contribution in [3.63, 3.8) is 0 Å². The molecule has 0 aromatic rings. The summed E-state index contributed by atoms with van der Waals surface area (Å²) in [4.78, 5) is 5.17. The van der Waals surface area contributed by atoms with E-state index in [-0.39, 0.29) is 0 Å². The van der Waals surface area contributed by atoms with Crippen LogP contribution in [0.15, 0.2) is 4.99 Å². The number of guanidine groups is 1. The minimum Gasteiger partial charge on any atom is -0.397 e. The molecule has 0 fully saturated rings. The van der Waals surface area contributed by atoms with E-state index in [1.165, 1.54) is 5.96 Å². The van der Waals surface area contributed by atoms with E-state index in [4.69, 9.17) is 4.99 Å². The van der Waals surface area contributed by atoms with Gasteiger partial charge in [-0.3, -0.25) is 4.99 Å². The van der Waals surface area contributed by atoms with Crippen molar-refractivity contribution >= 4 is 30.7 Å². The molecule has 0 heterocycles. The molecule has 0 bridgehead atoms. The highest BCUT2D eigenvalue weighted by molar-refractivity contribution is 6.93. The lowest BCUT2D eigenvalue weighted by Gasteiger charge is -2.53. The Morgan fingerprint density at radius 3 is 1.23 bits per heavy atom. The molecule has 0 unspecified atom stereocenters. The van der Waals surface area contributed by atoms with Crippen LogP contribution in [0.25, 0.3) is 0 Å². The number of aliphatic imine (C=N–C) groups is 1. The Hall–Kier alpha value is -0.0794. The van der Waals surface area contributed by atoms with Crippen molar-refractivity contribution in [2.24, 2.45) is 4.99 Å². The van der Waals surface area contributed by atoms with Crippen LogP contribution in [0, 0.1) is 0 Å². The zero-order valence-electron chi connectivity index (χ0n) is 17.5. The Morgan fingerprint density at radius 2 is 1.05 bits per heavy atom. The average Bonchev–Trinajstić information content (AvgIpc) is 2.06. The second kappa shape index (κ2) is 7.22. The minimum atomic E-state index is -1.49. The van der Waals surface area contributed by atoms with Crippen molar-refractivity contribution in [3.8, 4) is 0 Å². The molecule has 0 saturated heterocycles. The Kier molecular flexibility index (Phi) is 7.19. The Labute approximate surface area is 143 Å². The van der Waals surface area contributed by atoms with Gasteiger partial charge in [0.1, 0.15) is 16.5 Å². The molecule has 0 aromatic heterocycles. The highest BCUT2D eigenvalue weighted by atomic mass is 28.4. The van der Waals surface area contributed by atoms with Crippen LogP contribution in [-0.4, -0.2) is 51.5 Å². The lowest BCUT2D eigenvalue weighted by atomic mass is 10.4. The van der Waals surface area contributed by atoms with Gasteiger partial charge in [0.25, 0.3) is 0 Å². The van der Waals surface area contributed by atoms with Crippen molar-refractivity contribution in [2.75, 3.05) is 0 Å². The molecule has 0 amide bonds. The lowest BCUT2D eigenvalue weighted by molar-refractivity contribution is 0.469. The van der Waals surface area contributed by atoms with Gasteiger partial charge < -0.3 is 8.80 Å². The summed E-state index contributed by atoms with van der Waals surface area (Å²) in [6.45, 7) is 31.1. The molecule has 0 saturated carbocycles. The molecule has 0 N–H and O–H groups in total. The van der Waals surface area contributed by atoms with E-state index >= 15 is 0 Å². The fourth-order valence-corrected chi connectivity index (χ4v) is 15.5. The van der Waals surface area contributed by atoms with Gasteiger partial charge in [0, 0.05) is 12.1 Å². The molecule has 0 spiro atoms. The van der Waals surface area contributed by atoms with Crippen LogP contribution in [0.5, 0.6) is 0 Å². The van der Waals surface area contributed by atoms with Crippen molar-refractivity contribution in [1.29, 1.82) is 0 Å². The molecule has 6 heteroatoms. The van der Waals surface area contributed by atoms with E-state index < -0.39 is 24.7 Å². The predicted molar refractivity (Wildman–Crippen MR) is 111 cm³/mol. The van der Waals surface area contributed by atoms with E-state index in [1.54, 1.807) is 0 Å². The summed E-state index contributed by atoms with van der Waals surface area (Å²) in [5.74, 6) is 1.29. The normalized spacial score (nSPS) is 14.8. The van der Waals surface area contributed by atoms with Gasteiger partial charge >= 0.3 is 0 Å². The first-order valence-electron chi connectivity index (χ1n) is 8.67. The van der Waals surface area contributed by atoms with Crippen molar-refractivity contribution < 1.29 is 0 Å². The number of nitrogens with zero attached hydrogens (tertiary/aromatic N) is 3. The quantitative estimate of drug-likeness (QED) is 0.378. The Balaban J connectivity index is 6.33. The topological polar surface area (TPSA) is 18.8 Å². The van der Waals surface area contributed by atoms with Crippen LogP contribution in [0.4, 0.5) is 0 Å². The average molecular weight is 360 g/mol. The molecule has 0 atom stereocenters. The fourth-order valence-electron chi connectivity index (χ4n) is 3.37. The van der Waals surface area contributed by atoms with Crippen LogP contribution < -0.4 is 0 Å². The van der Waals surface area contributed by atoms with Gasteiger partial charge in [0.15, 0.2) is 14.2 Å². The number of hydrogen-bond acceptors (Lipinski definition) is 1. The number of hydrogen-bond donors (Lipinski definition) is 0. The highest BCUT2D eigenvalue weighted by Crippen LogP contribution is 2.26. The van der Waals surface area contributed by atoms with E-state index in [0.29, 0.717) is 12.1 Å². The molecule has 22 heavy (non-hydrogen) atoms. The molecule has 0 radical (unpaired) electrons. The smallest absolute Gasteiger partial charge is 0.172 e. The minimum absolute atomic E-state index is 0.336. The van der Waals surface area contributed by atoms with E-state index in [0.717, 1.165) is 0 Å². The summed E-state index contributed by atoms with van der Waals surface area (Å²) in [5.41, 5.74) is 0. The van der Waals surface area contributed by atoms with E-state index in [1.807, 2.05) is 0 Å². The van der Waals surface area contributed by atoms with Crippen molar-refractivity contribution in [3.05, 3.63) is 0 Å². The largest absolute Gasteiger partial charge is 0.397 e. The van der Waals surface area contributed by atoms with Gasteiger partial charge in [-0.2, -0.15) is 0 Å². The molecular formula is C16H41N3Si3. The molecule has 0 aromatic carbocycles. The zero-order chi connectivity index (χ0) is 18.1. The zero-order valence-corrected chi connectivity index (χ0v) is 20.5. The van der Waals surface area contributed by atoms with Crippen LogP contribution in [0.1, 0.15) is 27.7 Å². The molecule has 3 nitrogen and oxygen atoms in total. The number of rotatable bonds is 5. The predicted octanol–water partition coefficient (Wildman–Crippen LogP) is 5.27. The van der Waals surface area contributed by atoms with E-state index in [2.05, 4.69) is 95.4 Å². The van der Waals surface area contributed by atoms with Gasteiger partial charge in [-0.1, -0.05) is 58.9 Å². The summed E-state index contributed by atoms with van der Waals surface area (Å²) < 4.78 is 5.46. The maximum absolute atomic E-state index is 5.17. The summed E-state index contributed by atoms with van der Waals surface area (Å²) in [5, 5.41) is 0. The summed E-state index contributed by atoms with van der Waals surface area (Å²) >= 11 is 0. The van der Waals surface area contributed by atoms with Gasteiger partial charge in [0.2, 0.25) is 0 Å². The van der Waals surface area contributed by atoms with E-state index in [9.17, 15) is 0 Å². The molecule has 132 valence electrons. The van der Waals surface area contributed by atoms with Gasteiger partial charge in [-0.05, 0) is 27.7 Å². The highest BCUT2D eigenvalue weighted by Gasteiger charge is 2.42. The SMILES string of the molecule is CC(C)N=C(N(C(C)C)[Si](C)(C)C)N([Si](C)(C)C)[Si](C)(C)C. The van der Waals surface area contributed by atoms with Gasteiger partial charge in [-0.25, -0.2) is 0 Å². The lowest BCUT2D eigenvalue weighted by Crippen LogP contribution is -2.69. The second-order valence-electron chi connectivity index (χ2n) is 9.83. The summed E-state index contributed by atoms with van der Waals surface area (Å²) in [6.07, 6.45) is 0. The maximum atomic E-state index is 5.17. The Bertz CT molecular complexity index is 371. The third-order valence-electron chi connectivity index (χ3n) is 3.37. The summed E-state index contributed by atoms with van der Waals surface area (Å²) in [6, 6.07) is 0.835. The molecule has 0 aliphatic carbocycles. The summed E-state index contributed by atoms with van der Waals surface area (Å²) in [7, 11) is -4.48. The fraction of sp³-hybridized carbons (Fsp3) is 0.938. The Morgan fingerprint density at radius 1 is 0.682 bits per heavy atom. The first-order valence-corrected chi connectivity index (χ1v) is 19.0. The third-order valence-corrected chi connectivity index (χ3v) is 12.6. The molecule has 0 aliphatic rings. The van der Waals surface area contributed by atoms with Crippen LogP contribution in [0.2, 0.25) is 58.9 Å². The molecule has 0 aliphatic heterocycles. The van der Waals surface area contributed by atoms with Gasteiger partial charge in [-0.15, -0.1) is 0 Å². The third kappa shape index (κ3) is 6.20. The van der Waals surface area contributed by atoms with Crippen molar-refractivity contribution in [1.82, 2.24) is 8.80 Å². The first-order chi connectivity index (χ1) is 9.49. The standard InChI is InChI=1S/C16H41N3Si3/c1-14(2)17-16(18(15(3)4)20(5,6)7)19(21(8,9)10)22(11,12)13/h14-15H,1-13H3. The van der Waals surface area contributed by atoms with Gasteiger partial charge in [0.05, 0.1) is 0 Å². The first kappa shape index (κ1) is 21.9. The molecule has 0 rings (SSSR count). The van der Waals surface area contributed by atoms with Crippen LogP contribution in [-0.2, 0) is 0 Å².